The lowest BCUT2D eigenvalue weighted by atomic mass is 10.00. The number of benzene rings is 2. The number of aryl methyl sites for hydroxylation is 2. The van der Waals surface area contributed by atoms with Gasteiger partial charge in [-0.3, -0.25) is 9.59 Å². The lowest BCUT2D eigenvalue weighted by Crippen LogP contribution is -2.19. The van der Waals surface area contributed by atoms with Crippen LogP contribution < -0.4 is 11.3 Å². The number of carbonyl (C=O) groups excluding carboxylic acids is 1. The van der Waals surface area contributed by atoms with Gasteiger partial charge in [-0.05, 0) is 30.0 Å². The van der Waals surface area contributed by atoms with E-state index in [4.69, 9.17) is 5.73 Å². The topological polar surface area (TPSA) is 80.9 Å². The van der Waals surface area contributed by atoms with Crippen LogP contribution >= 0.6 is 0 Å². The number of aromatic nitrogens is 2. The van der Waals surface area contributed by atoms with Crippen molar-refractivity contribution >= 4 is 38.5 Å². The molecule has 5 heteroatoms. The number of nitrogens with zero attached hydrogens (tertiary/aromatic N) is 1. The van der Waals surface area contributed by atoms with E-state index in [0.29, 0.717) is 5.39 Å². The second kappa shape index (κ2) is 4.46. The molecule has 0 saturated heterocycles. The molecule has 2 heterocycles. The number of para-hydroxylation sites is 1. The van der Waals surface area contributed by atoms with Crippen LogP contribution in [0.2, 0.25) is 0 Å². The average Bonchev–Trinajstić information content (AvgIpc) is 2.81. The number of amides is 1. The minimum atomic E-state index is -0.633. The van der Waals surface area contributed by atoms with Gasteiger partial charge in [0.05, 0.1) is 5.52 Å². The van der Waals surface area contributed by atoms with E-state index in [0.717, 1.165) is 32.8 Å². The summed E-state index contributed by atoms with van der Waals surface area (Å²) < 4.78 is 2.12. The number of nitrogens with one attached hydrogen (secondary N) is 1. The second-order valence-electron chi connectivity index (χ2n) is 5.81. The van der Waals surface area contributed by atoms with Gasteiger partial charge >= 0.3 is 0 Å². The number of carbonyl (C=O) groups is 1. The van der Waals surface area contributed by atoms with Crippen molar-refractivity contribution in [1.82, 2.24) is 9.55 Å². The molecule has 0 radical (unpaired) electrons. The largest absolute Gasteiger partial charge is 0.364 e. The summed E-state index contributed by atoms with van der Waals surface area (Å²) in [6.07, 6.45) is 0. The highest BCUT2D eigenvalue weighted by molar-refractivity contribution is 6.17. The smallest absolute Gasteiger partial charge is 0.265 e. The Kier molecular flexibility index (Phi) is 2.63. The molecule has 1 amide bonds. The number of primary amides is 1. The number of rotatable bonds is 1. The van der Waals surface area contributed by atoms with Gasteiger partial charge in [0.15, 0.2) is 0 Å². The molecular formula is C18H15N3O2. The number of fused-ring (bicyclic) bond motifs is 4. The number of hydrogen-bond acceptors (Lipinski definition) is 2. The van der Waals surface area contributed by atoms with Crippen LogP contribution in [0.1, 0.15) is 16.1 Å². The Morgan fingerprint density at radius 2 is 1.83 bits per heavy atom. The molecule has 0 aliphatic carbocycles. The van der Waals surface area contributed by atoms with Crippen LogP contribution in [0.5, 0.6) is 0 Å². The zero-order chi connectivity index (χ0) is 16.3. The Morgan fingerprint density at radius 1 is 1.09 bits per heavy atom. The van der Waals surface area contributed by atoms with Gasteiger partial charge in [0, 0.05) is 34.8 Å². The fourth-order valence-corrected chi connectivity index (χ4v) is 3.52. The Morgan fingerprint density at radius 3 is 2.57 bits per heavy atom. The maximum atomic E-state index is 11.9. The standard InChI is InChI=1S/C18H15N3O2/c1-9-11-8-15(22)20-16(18(19)23)12(11)7-13-10-5-3-4-6-14(10)21(2)17(9)13/h3-8H,1-2H3,(H2,19,23)(H,20,22). The number of nitrogens with two attached hydrogens (primary N) is 1. The van der Waals surface area contributed by atoms with Crippen molar-refractivity contribution in [1.29, 1.82) is 0 Å². The van der Waals surface area contributed by atoms with Crippen LogP contribution in [0.15, 0.2) is 41.2 Å². The fraction of sp³-hybridized carbons (Fsp3) is 0.111. The average molecular weight is 305 g/mol. The van der Waals surface area contributed by atoms with E-state index >= 15 is 0 Å². The van der Waals surface area contributed by atoms with Crippen LogP contribution in [0, 0.1) is 6.92 Å². The van der Waals surface area contributed by atoms with Crippen LogP contribution in [-0.2, 0) is 7.05 Å². The third kappa shape index (κ3) is 1.73. The Balaban J connectivity index is 2.36. The Bertz CT molecular complexity index is 1180. The van der Waals surface area contributed by atoms with Crippen LogP contribution in [0.3, 0.4) is 0 Å². The molecule has 114 valence electrons. The summed E-state index contributed by atoms with van der Waals surface area (Å²) in [5, 5.41) is 3.58. The maximum absolute atomic E-state index is 11.9. The van der Waals surface area contributed by atoms with Gasteiger partial charge in [0.2, 0.25) is 5.56 Å². The van der Waals surface area contributed by atoms with Crippen LogP contribution in [0.25, 0.3) is 32.6 Å². The predicted molar refractivity (Wildman–Crippen MR) is 91.8 cm³/mol. The van der Waals surface area contributed by atoms with Gasteiger partial charge in [0.25, 0.3) is 5.91 Å². The molecule has 0 fully saturated rings. The van der Waals surface area contributed by atoms with Gasteiger partial charge in [0.1, 0.15) is 5.69 Å². The van der Waals surface area contributed by atoms with E-state index in [1.165, 1.54) is 6.07 Å². The van der Waals surface area contributed by atoms with Crippen LogP contribution in [0.4, 0.5) is 0 Å². The number of aromatic amines is 1. The molecule has 2 aromatic carbocycles. The summed E-state index contributed by atoms with van der Waals surface area (Å²) >= 11 is 0. The molecular weight excluding hydrogens is 290 g/mol. The number of pyridine rings is 1. The lowest BCUT2D eigenvalue weighted by Gasteiger charge is -2.09. The molecule has 0 unspecified atom stereocenters. The third-order valence-electron chi connectivity index (χ3n) is 4.52. The summed E-state index contributed by atoms with van der Waals surface area (Å²) in [6, 6.07) is 11.6. The first-order valence-corrected chi connectivity index (χ1v) is 7.32. The van der Waals surface area contributed by atoms with E-state index < -0.39 is 5.91 Å². The van der Waals surface area contributed by atoms with Crippen molar-refractivity contribution in [2.45, 2.75) is 6.92 Å². The Hall–Kier alpha value is -3.08. The predicted octanol–water partition coefficient (Wildman–Crippen LogP) is 2.58. The second-order valence-corrected chi connectivity index (χ2v) is 5.81. The van der Waals surface area contributed by atoms with E-state index in [9.17, 15) is 9.59 Å². The molecule has 3 N–H and O–H groups in total. The van der Waals surface area contributed by atoms with Crippen molar-refractivity contribution < 1.29 is 4.79 Å². The van der Waals surface area contributed by atoms with Gasteiger partial charge < -0.3 is 15.3 Å². The monoisotopic (exact) mass is 305 g/mol. The zero-order valence-corrected chi connectivity index (χ0v) is 12.8. The molecule has 5 nitrogen and oxygen atoms in total. The highest BCUT2D eigenvalue weighted by Gasteiger charge is 2.16. The normalized spacial score (nSPS) is 11.6. The summed E-state index contributed by atoms with van der Waals surface area (Å²) in [6.45, 7) is 1.97. The van der Waals surface area contributed by atoms with Gasteiger partial charge in [-0.15, -0.1) is 0 Å². The zero-order valence-electron chi connectivity index (χ0n) is 12.8. The molecule has 0 aliphatic heterocycles. The SMILES string of the molecule is Cc1c2cc(=O)[nH]c(C(N)=O)c2cc2c3ccccc3n(C)c12. The van der Waals surface area contributed by atoms with Gasteiger partial charge in [-0.1, -0.05) is 18.2 Å². The van der Waals surface area contributed by atoms with E-state index in [1.54, 1.807) is 0 Å². The highest BCUT2D eigenvalue weighted by atomic mass is 16.1. The Labute approximate surface area is 131 Å². The summed E-state index contributed by atoms with van der Waals surface area (Å²) in [4.78, 5) is 26.2. The molecule has 0 spiro atoms. The van der Waals surface area contributed by atoms with E-state index in [1.807, 2.05) is 32.2 Å². The van der Waals surface area contributed by atoms with Crippen molar-refractivity contribution in [3.8, 4) is 0 Å². The molecule has 4 rings (SSSR count). The molecule has 0 bridgehead atoms. The summed E-state index contributed by atoms with van der Waals surface area (Å²) in [7, 11) is 2.01. The maximum Gasteiger partial charge on any atom is 0.265 e. The first-order chi connectivity index (χ1) is 11.0. The molecule has 2 aromatic heterocycles. The molecule has 0 saturated carbocycles. The van der Waals surface area contributed by atoms with Gasteiger partial charge in [-0.25, -0.2) is 0 Å². The summed E-state index contributed by atoms with van der Waals surface area (Å²) in [5.41, 5.74) is 8.40. The molecule has 0 atom stereocenters. The van der Waals surface area contributed by atoms with Gasteiger partial charge in [-0.2, -0.15) is 0 Å². The quantitative estimate of drug-likeness (QED) is 0.567. The third-order valence-corrected chi connectivity index (χ3v) is 4.52. The molecule has 23 heavy (non-hydrogen) atoms. The minimum Gasteiger partial charge on any atom is -0.364 e. The highest BCUT2D eigenvalue weighted by Crippen LogP contribution is 2.34. The van der Waals surface area contributed by atoms with E-state index in [-0.39, 0.29) is 11.3 Å². The van der Waals surface area contributed by atoms with Crippen molar-refractivity contribution in [2.75, 3.05) is 0 Å². The number of H-pyrrole nitrogens is 1. The lowest BCUT2D eigenvalue weighted by molar-refractivity contribution is 0.0997. The first-order valence-electron chi connectivity index (χ1n) is 7.32. The van der Waals surface area contributed by atoms with Crippen molar-refractivity contribution in [3.05, 3.63) is 58.0 Å². The van der Waals surface area contributed by atoms with Crippen LogP contribution in [-0.4, -0.2) is 15.5 Å². The first kappa shape index (κ1) is 13.6. The minimum absolute atomic E-state index is 0.158. The molecule has 0 aliphatic rings. The van der Waals surface area contributed by atoms with Crippen molar-refractivity contribution in [2.24, 2.45) is 12.8 Å². The fourth-order valence-electron chi connectivity index (χ4n) is 3.52. The molecule has 4 aromatic rings. The summed E-state index contributed by atoms with van der Waals surface area (Å²) in [5.74, 6) is -0.633. The van der Waals surface area contributed by atoms with Crippen molar-refractivity contribution in [3.63, 3.8) is 0 Å². The number of hydrogen-bond donors (Lipinski definition) is 2. The van der Waals surface area contributed by atoms with E-state index in [2.05, 4.69) is 21.7 Å².